The zero-order chi connectivity index (χ0) is 21.2. The summed E-state index contributed by atoms with van der Waals surface area (Å²) in [6.45, 7) is 4.38. The van der Waals surface area contributed by atoms with Gasteiger partial charge in [0.25, 0.3) is 5.56 Å². The molecule has 0 spiro atoms. The van der Waals surface area contributed by atoms with Gasteiger partial charge in [0.05, 0.1) is 37.2 Å². The lowest BCUT2D eigenvalue weighted by atomic mass is 10.1. The van der Waals surface area contributed by atoms with Crippen molar-refractivity contribution in [1.82, 2.24) is 14.7 Å². The highest BCUT2D eigenvalue weighted by Crippen LogP contribution is 2.30. The summed E-state index contributed by atoms with van der Waals surface area (Å²) in [7, 11) is 0. The lowest BCUT2D eigenvalue weighted by Gasteiger charge is -2.36. The van der Waals surface area contributed by atoms with Crippen molar-refractivity contribution in [3.05, 3.63) is 93.4 Å². The normalized spacial score (nSPS) is 21.3. The van der Waals surface area contributed by atoms with E-state index in [2.05, 4.69) is 39.2 Å². The minimum atomic E-state index is -0.264. The molecule has 0 bridgehead atoms. The fourth-order valence-electron chi connectivity index (χ4n) is 4.52. The van der Waals surface area contributed by atoms with Crippen molar-refractivity contribution in [1.29, 1.82) is 0 Å². The quantitative estimate of drug-likeness (QED) is 0.615. The van der Waals surface area contributed by atoms with E-state index in [4.69, 9.17) is 16.3 Å². The Morgan fingerprint density at radius 3 is 2.35 bits per heavy atom. The van der Waals surface area contributed by atoms with Crippen LogP contribution in [0.15, 0.2) is 71.7 Å². The first-order valence-corrected chi connectivity index (χ1v) is 11.0. The second kappa shape index (κ2) is 8.83. The molecule has 0 N–H and O–H groups in total. The third-order valence-corrected chi connectivity index (χ3v) is 6.48. The minimum Gasteiger partial charge on any atom is -0.373 e. The van der Waals surface area contributed by atoms with Crippen LogP contribution in [0.2, 0.25) is 5.02 Å². The summed E-state index contributed by atoms with van der Waals surface area (Å²) in [5.41, 5.74) is 2.73. The first-order valence-electron chi connectivity index (χ1n) is 10.6. The number of anilines is 1. The van der Waals surface area contributed by atoms with Gasteiger partial charge in [0.15, 0.2) is 0 Å². The molecular formula is C24H25ClN4O2. The predicted molar refractivity (Wildman–Crippen MR) is 122 cm³/mol. The lowest BCUT2D eigenvalue weighted by molar-refractivity contribution is -0.0499. The number of rotatable bonds is 5. The molecule has 7 heteroatoms. The molecule has 3 heterocycles. The smallest absolute Gasteiger partial charge is 0.287 e. The van der Waals surface area contributed by atoms with E-state index < -0.39 is 0 Å². The molecule has 1 aromatic heterocycles. The third-order valence-electron chi connectivity index (χ3n) is 6.13. The molecule has 0 radical (unpaired) electrons. The molecule has 2 fully saturated rings. The van der Waals surface area contributed by atoms with Gasteiger partial charge in [-0.3, -0.25) is 9.69 Å². The van der Waals surface area contributed by atoms with E-state index in [-0.39, 0.29) is 22.7 Å². The number of halogens is 1. The summed E-state index contributed by atoms with van der Waals surface area (Å²) in [5, 5.41) is 4.63. The van der Waals surface area contributed by atoms with Crippen LogP contribution in [0.5, 0.6) is 0 Å². The molecule has 2 atom stereocenters. The van der Waals surface area contributed by atoms with Crippen LogP contribution in [0, 0.1) is 0 Å². The fourth-order valence-corrected chi connectivity index (χ4v) is 4.78. The van der Waals surface area contributed by atoms with Crippen LogP contribution in [-0.4, -0.2) is 53.1 Å². The van der Waals surface area contributed by atoms with Gasteiger partial charge < -0.3 is 9.64 Å². The Balaban J connectivity index is 1.34. The van der Waals surface area contributed by atoms with E-state index in [9.17, 15) is 4.79 Å². The third kappa shape index (κ3) is 4.24. The van der Waals surface area contributed by atoms with Crippen molar-refractivity contribution in [2.45, 2.75) is 25.2 Å². The topological polar surface area (TPSA) is 50.6 Å². The lowest BCUT2D eigenvalue weighted by Crippen LogP contribution is -2.50. The molecule has 3 aromatic rings. The van der Waals surface area contributed by atoms with Crippen molar-refractivity contribution in [3.63, 3.8) is 0 Å². The van der Waals surface area contributed by atoms with Gasteiger partial charge in [-0.05, 0) is 11.1 Å². The van der Waals surface area contributed by atoms with Crippen LogP contribution in [0.1, 0.15) is 11.1 Å². The number of hydrogen-bond donors (Lipinski definition) is 0. The summed E-state index contributed by atoms with van der Waals surface area (Å²) in [6, 6.07) is 20.6. The molecule has 0 aliphatic carbocycles. The van der Waals surface area contributed by atoms with E-state index in [1.54, 1.807) is 6.20 Å². The molecule has 0 amide bonds. The van der Waals surface area contributed by atoms with Crippen LogP contribution in [0.25, 0.3) is 0 Å². The Labute approximate surface area is 186 Å². The number of aromatic nitrogens is 2. The molecule has 5 rings (SSSR count). The predicted octanol–water partition coefficient (Wildman–Crippen LogP) is 3.03. The molecule has 160 valence electrons. The molecule has 2 saturated heterocycles. The average molecular weight is 437 g/mol. The van der Waals surface area contributed by atoms with Crippen molar-refractivity contribution >= 4 is 17.3 Å². The zero-order valence-corrected chi connectivity index (χ0v) is 18.0. The molecular weight excluding hydrogens is 412 g/mol. The molecule has 2 unspecified atom stereocenters. The Bertz CT molecular complexity index is 1090. The molecule has 6 nitrogen and oxygen atoms in total. The minimum absolute atomic E-state index is 0.0975. The summed E-state index contributed by atoms with van der Waals surface area (Å²) in [4.78, 5) is 17.5. The number of fused-ring (bicyclic) bond motifs is 1. The first-order chi connectivity index (χ1) is 15.2. The van der Waals surface area contributed by atoms with Crippen LogP contribution in [-0.2, 0) is 17.8 Å². The summed E-state index contributed by atoms with van der Waals surface area (Å²) in [5.74, 6) is 0. The Morgan fingerprint density at radius 1 is 0.968 bits per heavy atom. The average Bonchev–Trinajstić information content (AvgIpc) is 3.24. The summed E-state index contributed by atoms with van der Waals surface area (Å²) >= 11 is 6.54. The first kappa shape index (κ1) is 20.2. The van der Waals surface area contributed by atoms with Gasteiger partial charge in [-0.25, -0.2) is 4.68 Å². The van der Waals surface area contributed by atoms with Gasteiger partial charge in [-0.15, -0.1) is 0 Å². The molecule has 0 saturated carbocycles. The van der Waals surface area contributed by atoms with Crippen LogP contribution >= 0.6 is 11.6 Å². The van der Waals surface area contributed by atoms with Crippen molar-refractivity contribution in [2.75, 3.05) is 31.1 Å². The van der Waals surface area contributed by atoms with E-state index in [1.165, 1.54) is 10.2 Å². The van der Waals surface area contributed by atoms with E-state index >= 15 is 0 Å². The van der Waals surface area contributed by atoms with Crippen molar-refractivity contribution < 1.29 is 4.74 Å². The largest absolute Gasteiger partial charge is 0.373 e. The zero-order valence-electron chi connectivity index (χ0n) is 17.2. The van der Waals surface area contributed by atoms with Crippen molar-refractivity contribution in [2.24, 2.45) is 0 Å². The second-order valence-corrected chi connectivity index (χ2v) is 8.51. The van der Waals surface area contributed by atoms with Gasteiger partial charge in [-0.1, -0.05) is 72.3 Å². The van der Waals surface area contributed by atoms with Gasteiger partial charge in [0.1, 0.15) is 5.02 Å². The summed E-state index contributed by atoms with van der Waals surface area (Å²) in [6.07, 6.45) is 1.81. The molecule has 2 aromatic carbocycles. The fraction of sp³-hybridized carbons (Fsp3) is 0.333. The Morgan fingerprint density at radius 2 is 1.65 bits per heavy atom. The Kier molecular flexibility index (Phi) is 5.76. The maximum absolute atomic E-state index is 12.9. The van der Waals surface area contributed by atoms with Gasteiger partial charge >= 0.3 is 0 Å². The summed E-state index contributed by atoms with van der Waals surface area (Å²) < 4.78 is 7.48. The number of ether oxygens (including phenoxy) is 1. The highest BCUT2D eigenvalue weighted by Gasteiger charge is 2.41. The second-order valence-electron chi connectivity index (χ2n) is 8.13. The highest BCUT2D eigenvalue weighted by molar-refractivity contribution is 6.33. The molecule has 2 aliphatic rings. The maximum Gasteiger partial charge on any atom is 0.287 e. The standard InChI is InChI=1S/C24H25ClN4O2/c25-23-20(13-26-29(24(23)30)15-19-9-5-2-6-10-19)28-16-21-22(17-28)31-12-11-27(21)14-18-7-3-1-4-8-18/h1-10,13,21-22H,11-12,14-17H2. The number of morpholine rings is 1. The highest BCUT2D eigenvalue weighted by atomic mass is 35.5. The van der Waals surface area contributed by atoms with Gasteiger partial charge in [-0.2, -0.15) is 5.10 Å². The molecule has 31 heavy (non-hydrogen) atoms. The number of benzene rings is 2. The maximum atomic E-state index is 12.9. The monoisotopic (exact) mass is 436 g/mol. The van der Waals surface area contributed by atoms with E-state index in [0.717, 1.165) is 25.2 Å². The van der Waals surface area contributed by atoms with Crippen LogP contribution in [0.4, 0.5) is 5.69 Å². The van der Waals surface area contributed by atoms with E-state index in [0.29, 0.717) is 25.4 Å². The van der Waals surface area contributed by atoms with Crippen LogP contribution in [0.3, 0.4) is 0 Å². The van der Waals surface area contributed by atoms with Crippen molar-refractivity contribution in [3.8, 4) is 0 Å². The van der Waals surface area contributed by atoms with Gasteiger partial charge in [0.2, 0.25) is 0 Å². The van der Waals surface area contributed by atoms with Crippen LogP contribution < -0.4 is 10.5 Å². The molecule has 2 aliphatic heterocycles. The number of hydrogen-bond acceptors (Lipinski definition) is 5. The van der Waals surface area contributed by atoms with Gasteiger partial charge in [0, 0.05) is 26.2 Å². The SMILES string of the molecule is O=c1c(Cl)c(N2CC3OCCN(Cc4ccccc4)C3C2)cnn1Cc1ccccc1. The van der Waals surface area contributed by atoms with E-state index in [1.807, 2.05) is 36.4 Å². The Hall–Kier alpha value is -2.67. The number of nitrogens with zero attached hydrogens (tertiary/aromatic N) is 4.